The fourth-order valence-corrected chi connectivity index (χ4v) is 3.17. The number of carbonyl (C=O) groups excluding carboxylic acids is 1. The summed E-state index contributed by atoms with van der Waals surface area (Å²) in [5, 5.41) is 18.3. The Labute approximate surface area is 162 Å². The Morgan fingerprint density at radius 2 is 1.86 bits per heavy atom. The fraction of sp³-hybridized carbons (Fsp3) is 0.158. The van der Waals surface area contributed by atoms with E-state index in [1.165, 1.54) is 24.7 Å². The largest absolute Gasteiger partial charge is 0.493 e. The lowest BCUT2D eigenvalue weighted by Crippen LogP contribution is -2.37. The van der Waals surface area contributed by atoms with Crippen LogP contribution < -0.4 is 11.2 Å². The van der Waals surface area contributed by atoms with Crippen LogP contribution in [0.25, 0.3) is 21.9 Å². The summed E-state index contributed by atoms with van der Waals surface area (Å²) in [6.45, 7) is 1.58. The molecule has 0 aliphatic carbocycles. The number of fused-ring (bicyclic) bond motifs is 2. The summed E-state index contributed by atoms with van der Waals surface area (Å²) in [5.74, 6) is -0.933. The molecule has 10 nitrogen and oxygen atoms in total. The van der Waals surface area contributed by atoms with Gasteiger partial charge in [-0.15, -0.1) is 10.2 Å². The van der Waals surface area contributed by atoms with Gasteiger partial charge < -0.3 is 10.1 Å². The average molecular weight is 392 g/mol. The van der Waals surface area contributed by atoms with Crippen molar-refractivity contribution in [3.63, 3.8) is 0 Å². The van der Waals surface area contributed by atoms with Crippen molar-refractivity contribution >= 4 is 33.5 Å². The molecule has 3 heterocycles. The average Bonchev–Trinajstić information content (AvgIpc) is 3.03. The van der Waals surface area contributed by atoms with Gasteiger partial charge in [0.2, 0.25) is 5.88 Å². The number of aromatic nitrogens is 4. The standard InChI is InChI=1S/C19H16N6O4/c1-9-11(8-12-15(20-9)24(2)19(29)25(3)18(12)28)16(26)23-22-14-10-6-4-5-7-13(10)21-17(14)27/h4-8,21,27H,1-3H3. The molecule has 146 valence electrons. The van der Waals surface area contributed by atoms with Gasteiger partial charge in [0.1, 0.15) is 5.65 Å². The maximum atomic E-state index is 12.6. The molecule has 0 aliphatic rings. The zero-order valence-corrected chi connectivity index (χ0v) is 15.8. The van der Waals surface area contributed by atoms with Crippen molar-refractivity contribution in [2.24, 2.45) is 24.3 Å². The predicted octanol–water partition coefficient (Wildman–Crippen LogP) is 2.05. The van der Waals surface area contributed by atoms with E-state index in [0.717, 1.165) is 4.57 Å². The number of hydrogen-bond acceptors (Lipinski definition) is 6. The molecule has 2 N–H and O–H groups in total. The predicted molar refractivity (Wildman–Crippen MR) is 106 cm³/mol. The highest BCUT2D eigenvalue weighted by molar-refractivity contribution is 5.99. The second-order valence-corrected chi connectivity index (χ2v) is 6.57. The van der Waals surface area contributed by atoms with Crippen LogP contribution in [0.5, 0.6) is 5.88 Å². The van der Waals surface area contributed by atoms with Gasteiger partial charge in [-0.3, -0.25) is 18.7 Å². The fourth-order valence-electron chi connectivity index (χ4n) is 3.17. The Bertz CT molecular complexity index is 1460. The number of H-pyrrole nitrogens is 1. The molecule has 0 fully saturated rings. The number of aromatic hydroxyl groups is 1. The van der Waals surface area contributed by atoms with Crippen LogP contribution in [-0.4, -0.2) is 30.1 Å². The number of nitrogens with zero attached hydrogens (tertiary/aromatic N) is 5. The van der Waals surface area contributed by atoms with E-state index in [-0.39, 0.29) is 28.2 Å². The Hall–Kier alpha value is -4.08. The number of aromatic amines is 1. The second-order valence-electron chi connectivity index (χ2n) is 6.57. The molecular formula is C19H16N6O4. The zero-order valence-electron chi connectivity index (χ0n) is 15.8. The summed E-state index contributed by atoms with van der Waals surface area (Å²) >= 11 is 0. The number of amides is 1. The molecule has 10 heteroatoms. The van der Waals surface area contributed by atoms with E-state index in [1.807, 2.05) is 0 Å². The summed E-state index contributed by atoms with van der Waals surface area (Å²) in [4.78, 5) is 44.1. The Balaban J connectivity index is 1.82. The Morgan fingerprint density at radius 1 is 1.14 bits per heavy atom. The molecule has 1 amide bonds. The SMILES string of the molecule is Cc1nc2c(cc1C(=O)N=Nc1c(O)[nH]c3ccccc13)c(=O)n(C)c(=O)n2C. The van der Waals surface area contributed by atoms with E-state index in [2.05, 4.69) is 20.2 Å². The number of nitrogens with one attached hydrogen (secondary N) is 1. The van der Waals surface area contributed by atoms with E-state index in [4.69, 9.17) is 0 Å². The van der Waals surface area contributed by atoms with Crippen molar-refractivity contribution in [2.45, 2.75) is 6.92 Å². The van der Waals surface area contributed by atoms with Crippen molar-refractivity contribution in [3.05, 3.63) is 62.4 Å². The first kappa shape index (κ1) is 18.3. The minimum atomic E-state index is -0.725. The van der Waals surface area contributed by atoms with E-state index >= 15 is 0 Å². The molecule has 1 aromatic carbocycles. The number of benzene rings is 1. The van der Waals surface area contributed by atoms with Crippen LogP contribution in [0.4, 0.5) is 5.69 Å². The van der Waals surface area contributed by atoms with E-state index < -0.39 is 17.2 Å². The minimum Gasteiger partial charge on any atom is -0.493 e. The van der Waals surface area contributed by atoms with Crippen molar-refractivity contribution in [3.8, 4) is 5.88 Å². The van der Waals surface area contributed by atoms with Crippen molar-refractivity contribution < 1.29 is 9.90 Å². The van der Waals surface area contributed by atoms with Crippen LogP contribution in [0.1, 0.15) is 16.1 Å². The first-order valence-electron chi connectivity index (χ1n) is 8.62. The van der Waals surface area contributed by atoms with Crippen LogP contribution in [0, 0.1) is 6.92 Å². The maximum absolute atomic E-state index is 12.6. The van der Waals surface area contributed by atoms with Gasteiger partial charge in [0.05, 0.1) is 22.2 Å². The van der Waals surface area contributed by atoms with Crippen LogP contribution >= 0.6 is 0 Å². The van der Waals surface area contributed by atoms with E-state index in [0.29, 0.717) is 16.6 Å². The lowest BCUT2D eigenvalue weighted by Gasteiger charge is -2.09. The molecule has 0 unspecified atom stereocenters. The van der Waals surface area contributed by atoms with Gasteiger partial charge in [0.15, 0.2) is 5.69 Å². The highest BCUT2D eigenvalue weighted by Crippen LogP contribution is 2.35. The molecule has 0 spiro atoms. The smallest absolute Gasteiger partial charge is 0.332 e. The van der Waals surface area contributed by atoms with E-state index in [1.54, 1.807) is 31.2 Å². The van der Waals surface area contributed by atoms with Gasteiger partial charge in [-0.1, -0.05) is 18.2 Å². The molecule has 3 aromatic heterocycles. The number of pyridine rings is 1. The van der Waals surface area contributed by atoms with Gasteiger partial charge in [0, 0.05) is 19.5 Å². The highest BCUT2D eigenvalue weighted by atomic mass is 16.3. The normalized spacial score (nSPS) is 11.7. The lowest BCUT2D eigenvalue weighted by atomic mass is 10.1. The van der Waals surface area contributed by atoms with Gasteiger partial charge in [-0.05, 0) is 19.1 Å². The zero-order chi connectivity index (χ0) is 20.9. The Morgan fingerprint density at radius 3 is 2.62 bits per heavy atom. The van der Waals surface area contributed by atoms with Gasteiger partial charge in [-0.25, -0.2) is 9.78 Å². The molecule has 0 saturated heterocycles. The third-order valence-electron chi connectivity index (χ3n) is 4.75. The number of carbonyl (C=O) groups is 1. The van der Waals surface area contributed by atoms with Crippen LogP contribution in [0.15, 0.2) is 50.1 Å². The van der Waals surface area contributed by atoms with E-state index in [9.17, 15) is 19.5 Å². The van der Waals surface area contributed by atoms with Crippen LogP contribution in [0.2, 0.25) is 0 Å². The third-order valence-corrected chi connectivity index (χ3v) is 4.75. The molecule has 0 radical (unpaired) electrons. The summed E-state index contributed by atoms with van der Waals surface area (Å²) in [6, 6.07) is 8.41. The van der Waals surface area contributed by atoms with Crippen molar-refractivity contribution in [1.82, 2.24) is 19.1 Å². The number of azo groups is 1. The summed E-state index contributed by atoms with van der Waals surface area (Å²) in [6.07, 6.45) is 0. The van der Waals surface area contributed by atoms with Crippen molar-refractivity contribution in [1.29, 1.82) is 0 Å². The van der Waals surface area contributed by atoms with Crippen LogP contribution in [-0.2, 0) is 14.1 Å². The molecule has 0 saturated carbocycles. The minimum absolute atomic E-state index is 0.0799. The monoisotopic (exact) mass is 392 g/mol. The lowest BCUT2D eigenvalue weighted by molar-refractivity contribution is 0.0994. The molecule has 4 rings (SSSR count). The molecule has 4 aromatic rings. The van der Waals surface area contributed by atoms with Gasteiger partial charge in [0.25, 0.3) is 11.5 Å². The number of aryl methyl sites for hydroxylation is 2. The quantitative estimate of drug-likeness (QED) is 0.503. The first-order valence-corrected chi connectivity index (χ1v) is 8.62. The van der Waals surface area contributed by atoms with Crippen molar-refractivity contribution in [2.75, 3.05) is 0 Å². The molecule has 0 aliphatic heterocycles. The number of hydrogen-bond donors (Lipinski definition) is 2. The number of rotatable bonds is 2. The highest BCUT2D eigenvalue weighted by Gasteiger charge is 2.17. The molecular weight excluding hydrogens is 376 g/mol. The van der Waals surface area contributed by atoms with Crippen LogP contribution in [0.3, 0.4) is 0 Å². The topological polar surface area (TPSA) is 135 Å². The first-order chi connectivity index (χ1) is 13.8. The van der Waals surface area contributed by atoms with Gasteiger partial charge in [-0.2, -0.15) is 0 Å². The third kappa shape index (κ3) is 2.81. The second kappa shape index (κ2) is 6.51. The molecule has 0 atom stereocenters. The summed E-state index contributed by atoms with van der Waals surface area (Å²) in [5.41, 5.74) is 0.277. The maximum Gasteiger partial charge on any atom is 0.332 e. The Kier molecular flexibility index (Phi) is 4.11. The van der Waals surface area contributed by atoms with Gasteiger partial charge >= 0.3 is 5.69 Å². The summed E-state index contributed by atoms with van der Waals surface area (Å²) in [7, 11) is 2.85. The molecule has 29 heavy (non-hydrogen) atoms. The molecule has 0 bridgehead atoms. The summed E-state index contributed by atoms with van der Waals surface area (Å²) < 4.78 is 2.18. The number of para-hydroxylation sites is 1.